The van der Waals surface area contributed by atoms with Gasteiger partial charge in [0.05, 0.1) is 16.4 Å². The summed E-state index contributed by atoms with van der Waals surface area (Å²) in [5, 5.41) is 0. The van der Waals surface area contributed by atoms with Crippen molar-refractivity contribution in [3.8, 4) is 0 Å². The van der Waals surface area contributed by atoms with Crippen LogP contribution in [-0.2, 0) is 0 Å². The molecule has 0 aliphatic carbocycles. The van der Waals surface area contributed by atoms with E-state index in [-0.39, 0.29) is 5.82 Å². The summed E-state index contributed by atoms with van der Waals surface area (Å²) in [6, 6.07) is 8.12. The van der Waals surface area contributed by atoms with Gasteiger partial charge in [0, 0.05) is 28.7 Å². The molecule has 0 aliphatic rings. The summed E-state index contributed by atoms with van der Waals surface area (Å²) in [6.45, 7) is 0. The zero-order valence-electron chi connectivity index (χ0n) is 7.95. The SMILES string of the molecule is Fc1ccccc1N=Cc1cc(Br)c(I)o1. The van der Waals surface area contributed by atoms with Crippen LogP contribution in [0, 0.1) is 9.58 Å². The van der Waals surface area contributed by atoms with Crippen molar-refractivity contribution < 1.29 is 8.81 Å². The van der Waals surface area contributed by atoms with Gasteiger partial charge in [0.15, 0.2) is 3.77 Å². The Bertz CT molecular complexity index is 519. The molecule has 0 spiro atoms. The highest BCUT2D eigenvalue weighted by Gasteiger charge is 2.03. The number of para-hydroxylation sites is 1. The lowest BCUT2D eigenvalue weighted by molar-refractivity contribution is 0.530. The summed E-state index contributed by atoms with van der Waals surface area (Å²) in [4.78, 5) is 4.01. The van der Waals surface area contributed by atoms with Crippen molar-refractivity contribution in [3.63, 3.8) is 0 Å². The molecule has 0 fully saturated rings. The molecule has 0 radical (unpaired) electrons. The molecule has 0 aliphatic heterocycles. The lowest BCUT2D eigenvalue weighted by Gasteiger charge is -1.93. The Morgan fingerprint density at radius 3 is 2.75 bits per heavy atom. The lowest BCUT2D eigenvalue weighted by atomic mass is 10.3. The molecular weight excluding hydrogens is 388 g/mol. The van der Waals surface area contributed by atoms with Gasteiger partial charge in [-0.1, -0.05) is 12.1 Å². The average Bonchev–Trinajstić information content (AvgIpc) is 2.57. The van der Waals surface area contributed by atoms with E-state index < -0.39 is 0 Å². The van der Waals surface area contributed by atoms with E-state index in [1.165, 1.54) is 12.3 Å². The summed E-state index contributed by atoms with van der Waals surface area (Å²) < 4.78 is 20.2. The predicted octanol–water partition coefficient (Wildman–Crippen LogP) is 4.54. The van der Waals surface area contributed by atoms with E-state index in [1.54, 1.807) is 24.3 Å². The first-order chi connectivity index (χ1) is 7.66. The highest BCUT2D eigenvalue weighted by Crippen LogP contribution is 2.23. The topological polar surface area (TPSA) is 25.5 Å². The van der Waals surface area contributed by atoms with E-state index in [0.717, 1.165) is 8.24 Å². The van der Waals surface area contributed by atoms with E-state index in [9.17, 15) is 4.39 Å². The molecule has 2 nitrogen and oxygen atoms in total. The summed E-state index contributed by atoms with van der Waals surface area (Å²) in [5.41, 5.74) is 0.296. The van der Waals surface area contributed by atoms with Crippen LogP contribution in [0.2, 0.25) is 0 Å². The smallest absolute Gasteiger partial charge is 0.178 e. The fourth-order valence-electron chi connectivity index (χ4n) is 1.12. The summed E-state index contributed by atoms with van der Waals surface area (Å²) in [5.74, 6) is 0.235. The molecule has 0 saturated heterocycles. The van der Waals surface area contributed by atoms with Crippen LogP contribution in [0.15, 0.2) is 44.2 Å². The van der Waals surface area contributed by atoms with Crippen LogP contribution >= 0.6 is 38.5 Å². The first kappa shape index (κ1) is 11.8. The zero-order chi connectivity index (χ0) is 11.5. The number of aliphatic imine (C=N–C) groups is 1. The molecule has 1 aromatic heterocycles. The summed E-state index contributed by atoms with van der Waals surface area (Å²) in [6.07, 6.45) is 1.49. The molecule has 0 amide bonds. The van der Waals surface area contributed by atoms with Gasteiger partial charge in [-0.25, -0.2) is 9.38 Å². The number of rotatable bonds is 2. The van der Waals surface area contributed by atoms with Gasteiger partial charge in [-0.3, -0.25) is 0 Å². The van der Waals surface area contributed by atoms with Crippen LogP contribution in [0.25, 0.3) is 0 Å². The van der Waals surface area contributed by atoms with Crippen LogP contribution in [0.5, 0.6) is 0 Å². The number of hydrogen-bond acceptors (Lipinski definition) is 2. The Labute approximate surface area is 114 Å². The summed E-state index contributed by atoms with van der Waals surface area (Å²) >= 11 is 5.38. The minimum atomic E-state index is -0.348. The van der Waals surface area contributed by atoms with Gasteiger partial charge in [-0.15, -0.1) is 0 Å². The Morgan fingerprint density at radius 2 is 2.12 bits per heavy atom. The van der Waals surface area contributed by atoms with Crippen molar-refractivity contribution in [2.24, 2.45) is 4.99 Å². The van der Waals surface area contributed by atoms with Gasteiger partial charge in [0.25, 0.3) is 0 Å². The minimum Gasteiger partial charge on any atom is -0.448 e. The molecule has 0 N–H and O–H groups in total. The molecule has 0 atom stereocenters. The highest BCUT2D eigenvalue weighted by atomic mass is 127. The molecule has 2 aromatic rings. The second-order valence-electron chi connectivity index (χ2n) is 2.98. The molecule has 0 bridgehead atoms. The Hall–Kier alpha value is -0.690. The number of nitrogens with zero attached hydrogens (tertiary/aromatic N) is 1. The molecule has 0 unspecified atom stereocenters. The third kappa shape index (κ3) is 2.70. The predicted molar refractivity (Wildman–Crippen MR) is 72.8 cm³/mol. The molecular formula is C11H6BrFINO. The Balaban J connectivity index is 2.25. The number of furan rings is 1. The van der Waals surface area contributed by atoms with Crippen molar-refractivity contribution in [2.75, 3.05) is 0 Å². The average molecular weight is 394 g/mol. The lowest BCUT2D eigenvalue weighted by Crippen LogP contribution is -1.77. The molecule has 0 saturated carbocycles. The fourth-order valence-corrected chi connectivity index (χ4v) is 1.83. The van der Waals surface area contributed by atoms with Crippen LogP contribution < -0.4 is 0 Å². The van der Waals surface area contributed by atoms with Crippen molar-refractivity contribution in [3.05, 3.63) is 50.1 Å². The zero-order valence-corrected chi connectivity index (χ0v) is 11.7. The fraction of sp³-hybridized carbons (Fsp3) is 0. The van der Waals surface area contributed by atoms with Gasteiger partial charge in [0.1, 0.15) is 11.6 Å². The summed E-state index contributed by atoms with van der Waals surface area (Å²) in [7, 11) is 0. The molecule has 1 heterocycles. The van der Waals surface area contributed by atoms with Gasteiger partial charge in [-0.05, 0) is 28.1 Å². The molecule has 2 rings (SSSR count). The Morgan fingerprint density at radius 1 is 1.38 bits per heavy atom. The quantitative estimate of drug-likeness (QED) is 0.543. The molecule has 16 heavy (non-hydrogen) atoms. The van der Waals surface area contributed by atoms with Crippen LogP contribution in [0.1, 0.15) is 5.76 Å². The van der Waals surface area contributed by atoms with Crippen molar-refractivity contribution >= 4 is 50.4 Å². The van der Waals surface area contributed by atoms with Crippen LogP contribution in [-0.4, -0.2) is 6.21 Å². The number of benzene rings is 1. The van der Waals surface area contributed by atoms with E-state index in [1.807, 2.05) is 0 Å². The van der Waals surface area contributed by atoms with E-state index in [4.69, 9.17) is 4.42 Å². The van der Waals surface area contributed by atoms with E-state index in [0.29, 0.717) is 11.4 Å². The number of halogens is 3. The van der Waals surface area contributed by atoms with E-state index in [2.05, 4.69) is 43.5 Å². The molecule has 1 aromatic carbocycles. The monoisotopic (exact) mass is 393 g/mol. The van der Waals surface area contributed by atoms with Gasteiger partial charge in [0.2, 0.25) is 0 Å². The third-order valence-electron chi connectivity index (χ3n) is 1.85. The third-order valence-corrected chi connectivity index (χ3v) is 3.98. The van der Waals surface area contributed by atoms with Crippen molar-refractivity contribution in [2.45, 2.75) is 0 Å². The minimum absolute atomic E-state index is 0.296. The maximum absolute atomic E-state index is 13.2. The molecule has 82 valence electrons. The standard InChI is InChI=1S/C11H6BrFINO/c12-8-5-7(16-11(8)14)6-15-10-4-2-1-3-9(10)13/h1-6H. The van der Waals surface area contributed by atoms with E-state index >= 15 is 0 Å². The molecule has 5 heteroatoms. The first-order valence-electron chi connectivity index (χ1n) is 4.40. The first-order valence-corrected chi connectivity index (χ1v) is 6.27. The Kier molecular flexibility index (Phi) is 3.75. The normalized spacial score (nSPS) is 11.2. The maximum Gasteiger partial charge on any atom is 0.178 e. The van der Waals surface area contributed by atoms with Crippen molar-refractivity contribution in [1.29, 1.82) is 0 Å². The highest BCUT2D eigenvalue weighted by molar-refractivity contribution is 14.1. The second kappa shape index (κ2) is 5.09. The largest absolute Gasteiger partial charge is 0.448 e. The van der Waals surface area contributed by atoms with Gasteiger partial charge >= 0.3 is 0 Å². The van der Waals surface area contributed by atoms with Gasteiger partial charge < -0.3 is 4.42 Å². The number of hydrogen-bond donors (Lipinski definition) is 0. The van der Waals surface area contributed by atoms with Crippen LogP contribution in [0.3, 0.4) is 0 Å². The van der Waals surface area contributed by atoms with Crippen molar-refractivity contribution in [1.82, 2.24) is 0 Å². The maximum atomic E-state index is 13.2. The second-order valence-corrected chi connectivity index (χ2v) is 4.81. The van der Waals surface area contributed by atoms with Gasteiger partial charge in [-0.2, -0.15) is 0 Å². The van der Waals surface area contributed by atoms with Crippen LogP contribution in [0.4, 0.5) is 10.1 Å².